The summed E-state index contributed by atoms with van der Waals surface area (Å²) in [6.45, 7) is 5.58. The minimum atomic E-state index is -0.130. The minimum Gasteiger partial charge on any atom is -0.349 e. The molecule has 3 heterocycles. The largest absolute Gasteiger partial charge is 0.349 e. The molecule has 0 aliphatic carbocycles. The number of fused-ring (bicyclic) bond motifs is 1. The van der Waals surface area contributed by atoms with E-state index in [2.05, 4.69) is 27.2 Å². The number of amides is 1. The fourth-order valence-corrected chi connectivity index (χ4v) is 4.83. The molecule has 8 heteroatoms. The zero-order chi connectivity index (χ0) is 21.1. The van der Waals surface area contributed by atoms with Crippen molar-refractivity contribution in [3.63, 3.8) is 0 Å². The molecule has 1 aliphatic heterocycles. The van der Waals surface area contributed by atoms with Crippen LogP contribution in [0.1, 0.15) is 50.4 Å². The zero-order valence-electron chi connectivity index (χ0n) is 17.4. The van der Waals surface area contributed by atoms with Gasteiger partial charge in [0.15, 0.2) is 0 Å². The zero-order valence-corrected chi connectivity index (χ0v) is 18.2. The second-order valence-electron chi connectivity index (χ2n) is 7.82. The second kappa shape index (κ2) is 8.95. The van der Waals surface area contributed by atoms with Gasteiger partial charge in [-0.05, 0) is 31.7 Å². The highest BCUT2D eigenvalue weighted by Gasteiger charge is 2.27. The molecule has 1 amide bonds. The third-order valence-corrected chi connectivity index (χ3v) is 6.56. The van der Waals surface area contributed by atoms with Crippen LogP contribution >= 0.6 is 11.3 Å². The first kappa shape index (κ1) is 20.5. The van der Waals surface area contributed by atoms with Crippen molar-refractivity contribution in [1.82, 2.24) is 19.9 Å². The fourth-order valence-electron chi connectivity index (χ4n) is 3.85. The number of anilines is 1. The molecule has 7 nitrogen and oxygen atoms in total. The maximum atomic E-state index is 12.7. The number of carbonyl (C=O) groups is 1. The molecule has 1 aromatic carbocycles. The van der Waals surface area contributed by atoms with Crippen LogP contribution in [0.3, 0.4) is 0 Å². The molecule has 0 radical (unpaired) electrons. The van der Waals surface area contributed by atoms with Crippen LogP contribution in [0.2, 0.25) is 0 Å². The first-order valence-electron chi connectivity index (χ1n) is 10.5. The van der Waals surface area contributed by atoms with Gasteiger partial charge in [-0.2, -0.15) is 4.52 Å². The van der Waals surface area contributed by atoms with Crippen LogP contribution < -0.4 is 15.8 Å². The van der Waals surface area contributed by atoms with Crippen molar-refractivity contribution >= 4 is 27.3 Å². The molecule has 0 unspecified atom stereocenters. The number of rotatable bonds is 6. The Morgan fingerprint density at radius 3 is 2.70 bits per heavy atom. The van der Waals surface area contributed by atoms with E-state index in [0.29, 0.717) is 4.96 Å². The number of piperidine rings is 1. The van der Waals surface area contributed by atoms with Crippen LogP contribution in [-0.4, -0.2) is 33.6 Å². The molecule has 0 spiro atoms. The predicted molar refractivity (Wildman–Crippen MR) is 119 cm³/mol. The summed E-state index contributed by atoms with van der Waals surface area (Å²) in [6.07, 6.45) is 3.28. The second-order valence-corrected chi connectivity index (χ2v) is 8.75. The summed E-state index contributed by atoms with van der Waals surface area (Å²) >= 11 is 1.44. The minimum absolute atomic E-state index is 0.00112. The molecule has 1 N–H and O–H groups in total. The van der Waals surface area contributed by atoms with E-state index in [1.54, 1.807) is 6.07 Å². The van der Waals surface area contributed by atoms with Crippen molar-refractivity contribution in [2.75, 3.05) is 18.0 Å². The molecule has 0 saturated carbocycles. The Kier molecular flexibility index (Phi) is 6.13. The number of carbonyl (C=O) groups excluding carboxylic acids is 1. The number of aromatic nitrogens is 3. The lowest BCUT2D eigenvalue weighted by molar-refractivity contribution is -0.126. The molecular formula is C22H27N5O2S. The highest BCUT2D eigenvalue weighted by atomic mass is 32.1. The SMILES string of the molecule is CCCc1cc(=O)n2nc(N3CCC(C(=O)N[C@H](C)c4ccccc4)CC3)sc2n1. The Morgan fingerprint density at radius 2 is 2.00 bits per heavy atom. The van der Waals surface area contributed by atoms with Crippen molar-refractivity contribution in [2.24, 2.45) is 5.92 Å². The van der Waals surface area contributed by atoms with Gasteiger partial charge in [0.05, 0.1) is 6.04 Å². The van der Waals surface area contributed by atoms with Crippen molar-refractivity contribution in [3.05, 3.63) is 58.0 Å². The average molecular weight is 426 g/mol. The van der Waals surface area contributed by atoms with Gasteiger partial charge >= 0.3 is 0 Å². The summed E-state index contributed by atoms with van der Waals surface area (Å²) in [4.78, 5) is 32.4. The predicted octanol–water partition coefficient (Wildman–Crippen LogP) is 3.20. The molecule has 158 valence electrons. The fraction of sp³-hybridized carbons (Fsp3) is 0.455. The molecule has 1 atom stereocenters. The van der Waals surface area contributed by atoms with E-state index in [1.165, 1.54) is 15.9 Å². The van der Waals surface area contributed by atoms with E-state index in [-0.39, 0.29) is 23.4 Å². The standard InChI is InChI=1S/C22H27N5O2S/c1-3-7-18-14-19(28)27-21(24-18)30-22(25-27)26-12-10-17(11-13-26)20(29)23-15(2)16-8-5-4-6-9-16/h4-6,8-9,14-15,17H,3,7,10-13H2,1-2H3,(H,23,29)/t15-/m1/s1. The molecule has 1 aliphatic rings. The van der Waals surface area contributed by atoms with Crippen molar-refractivity contribution in [2.45, 2.75) is 45.6 Å². The van der Waals surface area contributed by atoms with Crippen LogP contribution in [0.25, 0.3) is 4.96 Å². The van der Waals surface area contributed by atoms with Crippen LogP contribution in [0, 0.1) is 5.92 Å². The maximum absolute atomic E-state index is 12.7. The number of nitrogens with zero attached hydrogens (tertiary/aromatic N) is 4. The van der Waals surface area contributed by atoms with Crippen molar-refractivity contribution in [1.29, 1.82) is 0 Å². The highest BCUT2D eigenvalue weighted by molar-refractivity contribution is 7.20. The summed E-state index contributed by atoms with van der Waals surface area (Å²) in [5.41, 5.74) is 1.80. The van der Waals surface area contributed by atoms with Gasteiger partial charge < -0.3 is 10.2 Å². The molecule has 0 bridgehead atoms. The summed E-state index contributed by atoms with van der Waals surface area (Å²) in [5.74, 6) is 0.108. The first-order valence-corrected chi connectivity index (χ1v) is 11.4. The Hall–Kier alpha value is -2.74. The van der Waals surface area contributed by atoms with Gasteiger partial charge in [-0.25, -0.2) is 4.98 Å². The summed E-state index contributed by atoms with van der Waals surface area (Å²) in [7, 11) is 0. The number of benzene rings is 1. The quantitative estimate of drug-likeness (QED) is 0.656. The van der Waals surface area contributed by atoms with Crippen molar-refractivity contribution in [3.8, 4) is 0 Å². The summed E-state index contributed by atoms with van der Waals surface area (Å²) in [6, 6.07) is 11.6. The number of nitrogens with one attached hydrogen (secondary N) is 1. The number of hydrogen-bond acceptors (Lipinski definition) is 6. The molecule has 30 heavy (non-hydrogen) atoms. The van der Waals surface area contributed by atoms with Gasteiger partial charge in [-0.3, -0.25) is 9.59 Å². The molecule has 1 fully saturated rings. The molecule has 1 saturated heterocycles. The summed E-state index contributed by atoms with van der Waals surface area (Å²) in [5, 5.41) is 8.42. The van der Waals surface area contributed by atoms with Gasteiger partial charge in [0.2, 0.25) is 16.0 Å². The molecule has 2 aromatic heterocycles. The maximum Gasteiger partial charge on any atom is 0.275 e. The third kappa shape index (κ3) is 4.38. The summed E-state index contributed by atoms with van der Waals surface area (Å²) < 4.78 is 1.39. The van der Waals surface area contributed by atoms with Gasteiger partial charge in [0.25, 0.3) is 5.56 Å². The first-order chi connectivity index (χ1) is 14.5. The van der Waals surface area contributed by atoms with E-state index in [4.69, 9.17) is 0 Å². The van der Waals surface area contributed by atoms with Crippen molar-refractivity contribution < 1.29 is 4.79 Å². The lowest BCUT2D eigenvalue weighted by atomic mass is 9.95. The van der Waals surface area contributed by atoms with E-state index >= 15 is 0 Å². The van der Waals surface area contributed by atoms with E-state index in [0.717, 1.165) is 55.2 Å². The highest BCUT2D eigenvalue weighted by Crippen LogP contribution is 2.27. The van der Waals surface area contributed by atoms with Crippen LogP contribution in [0.5, 0.6) is 0 Å². The topological polar surface area (TPSA) is 79.6 Å². The van der Waals surface area contributed by atoms with E-state index < -0.39 is 0 Å². The van der Waals surface area contributed by atoms with Gasteiger partial charge in [-0.1, -0.05) is 55.0 Å². The van der Waals surface area contributed by atoms with Crippen LogP contribution in [0.4, 0.5) is 5.13 Å². The molecular weight excluding hydrogens is 398 g/mol. The number of aryl methyl sites for hydroxylation is 1. The Morgan fingerprint density at radius 1 is 1.27 bits per heavy atom. The normalized spacial score (nSPS) is 16.0. The Labute approximate surface area is 179 Å². The van der Waals surface area contributed by atoms with E-state index in [9.17, 15) is 9.59 Å². The van der Waals surface area contributed by atoms with Gasteiger partial charge in [0.1, 0.15) is 0 Å². The molecule has 3 aromatic rings. The number of hydrogen-bond donors (Lipinski definition) is 1. The third-order valence-electron chi connectivity index (χ3n) is 5.59. The van der Waals surface area contributed by atoms with Gasteiger partial charge in [-0.15, -0.1) is 5.10 Å². The lowest BCUT2D eigenvalue weighted by Gasteiger charge is -2.31. The lowest BCUT2D eigenvalue weighted by Crippen LogP contribution is -2.41. The Balaban J connectivity index is 1.39. The smallest absolute Gasteiger partial charge is 0.275 e. The van der Waals surface area contributed by atoms with Crippen LogP contribution in [0.15, 0.2) is 41.2 Å². The van der Waals surface area contributed by atoms with Gasteiger partial charge in [0, 0.05) is 30.8 Å². The van der Waals surface area contributed by atoms with E-state index in [1.807, 2.05) is 37.3 Å². The van der Waals surface area contributed by atoms with Crippen LogP contribution in [-0.2, 0) is 11.2 Å². The molecule has 4 rings (SSSR count). The average Bonchev–Trinajstić information content (AvgIpc) is 3.19. The monoisotopic (exact) mass is 425 g/mol. The Bertz CT molecular complexity index is 1070.